The summed E-state index contributed by atoms with van der Waals surface area (Å²) in [5.74, 6) is 0. The molecule has 0 unspecified atom stereocenters. The van der Waals surface area contributed by atoms with Crippen LogP contribution in [0, 0.1) is 0 Å². The summed E-state index contributed by atoms with van der Waals surface area (Å²) in [5.41, 5.74) is 0. The zero-order valence-electron chi connectivity index (χ0n) is 15.9. The topological polar surface area (TPSA) is 13.0 Å². The normalized spacial score (nSPS) is 26.0. The van der Waals surface area contributed by atoms with Gasteiger partial charge in [-0.05, 0) is 90.9 Å². The lowest BCUT2D eigenvalue weighted by Gasteiger charge is -2.36. The summed E-state index contributed by atoms with van der Waals surface area (Å²) in [6.45, 7) is 15.9. The van der Waals surface area contributed by atoms with Crippen LogP contribution in [-0.4, -0.2) is 98.1 Å². The van der Waals surface area contributed by atoms with E-state index in [1.54, 1.807) is 0 Å². The van der Waals surface area contributed by atoms with E-state index in [2.05, 4.69) is 19.6 Å². The molecule has 0 bridgehead atoms. The molecule has 3 aliphatic heterocycles. The van der Waals surface area contributed by atoms with Crippen LogP contribution in [0.3, 0.4) is 0 Å². The Labute approximate surface area is 150 Å². The smallest absolute Gasteiger partial charge is 0.0110 e. The van der Waals surface area contributed by atoms with E-state index in [1.165, 1.54) is 130 Å². The maximum absolute atomic E-state index is 2.70. The van der Waals surface area contributed by atoms with Crippen molar-refractivity contribution in [1.29, 1.82) is 0 Å². The van der Waals surface area contributed by atoms with Gasteiger partial charge in [-0.15, -0.1) is 0 Å². The molecule has 0 aliphatic carbocycles. The second-order valence-electron chi connectivity index (χ2n) is 8.19. The van der Waals surface area contributed by atoms with Crippen LogP contribution in [0.15, 0.2) is 0 Å². The highest BCUT2D eigenvalue weighted by Crippen LogP contribution is 2.11. The van der Waals surface area contributed by atoms with Gasteiger partial charge in [-0.25, -0.2) is 0 Å². The Balaban J connectivity index is 1.19. The summed E-state index contributed by atoms with van der Waals surface area (Å²) in [4.78, 5) is 10.8. The molecule has 3 aliphatic rings. The zero-order valence-corrected chi connectivity index (χ0v) is 15.9. The van der Waals surface area contributed by atoms with E-state index in [4.69, 9.17) is 0 Å². The minimum atomic E-state index is 1.30. The number of piperidine rings is 2. The van der Waals surface area contributed by atoms with Gasteiger partial charge < -0.3 is 19.6 Å². The molecule has 0 atom stereocenters. The van der Waals surface area contributed by atoms with E-state index >= 15 is 0 Å². The van der Waals surface area contributed by atoms with Gasteiger partial charge in [0, 0.05) is 26.2 Å². The van der Waals surface area contributed by atoms with Crippen LogP contribution in [0.5, 0.6) is 0 Å². The van der Waals surface area contributed by atoms with Crippen molar-refractivity contribution in [2.24, 2.45) is 0 Å². The molecule has 0 aromatic rings. The summed E-state index contributed by atoms with van der Waals surface area (Å²) in [5, 5.41) is 0. The van der Waals surface area contributed by atoms with Gasteiger partial charge in [0.2, 0.25) is 0 Å². The van der Waals surface area contributed by atoms with Crippen LogP contribution in [0.2, 0.25) is 0 Å². The maximum atomic E-state index is 2.70. The summed E-state index contributed by atoms with van der Waals surface area (Å²) in [6.07, 6.45) is 11.4. The predicted octanol–water partition coefficient (Wildman–Crippen LogP) is 2.36. The van der Waals surface area contributed by atoms with Crippen LogP contribution < -0.4 is 0 Å². The van der Waals surface area contributed by atoms with Crippen molar-refractivity contribution in [1.82, 2.24) is 19.6 Å². The molecule has 0 aromatic heterocycles. The van der Waals surface area contributed by atoms with E-state index in [9.17, 15) is 0 Å². The summed E-state index contributed by atoms with van der Waals surface area (Å²) < 4.78 is 0. The third kappa shape index (κ3) is 6.62. The van der Waals surface area contributed by atoms with E-state index < -0.39 is 0 Å². The number of hydrogen-bond acceptors (Lipinski definition) is 4. The fraction of sp³-hybridized carbons (Fsp3) is 1.00. The first-order valence-corrected chi connectivity index (χ1v) is 10.8. The van der Waals surface area contributed by atoms with Crippen molar-refractivity contribution < 1.29 is 0 Å². The summed E-state index contributed by atoms with van der Waals surface area (Å²) >= 11 is 0. The number of rotatable bonds is 8. The Bertz CT molecular complexity index is 284. The highest BCUT2D eigenvalue weighted by atomic mass is 15.3. The molecule has 140 valence electrons. The Kier molecular flexibility index (Phi) is 8.34. The van der Waals surface area contributed by atoms with E-state index in [1.807, 2.05) is 0 Å². The molecule has 3 rings (SSSR count). The lowest BCUT2D eigenvalue weighted by Crippen LogP contribution is -2.47. The van der Waals surface area contributed by atoms with Gasteiger partial charge >= 0.3 is 0 Å². The monoisotopic (exact) mass is 336 g/mol. The lowest BCUT2D eigenvalue weighted by molar-refractivity contribution is 0.118. The largest absolute Gasteiger partial charge is 0.303 e. The number of piperazine rings is 1. The van der Waals surface area contributed by atoms with Crippen LogP contribution in [0.4, 0.5) is 0 Å². The molecular formula is C20H40N4. The summed E-state index contributed by atoms with van der Waals surface area (Å²) in [6, 6.07) is 0. The third-order valence-corrected chi connectivity index (χ3v) is 6.26. The minimum absolute atomic E-state index is 1.30. The molecular weight excluding hydrogens is 296 g/mol. The van der Waals surface area contributed by atoms with Crippen molar-refractivity contribution in [3.8, 4) is 0 Å². The zero-order chi connectivity index (χ0) is 16.5. The molecule has 0 spiro atoms. The van der Waals surface area contributed by atoms with Crippen molar-refractivity contribution in [2.75, 3.05) is 78.5 Å². The SMILES string of the molecule is C1CCN(CCCN2CCN(CCCN3CCCCC3)CC2)CC1. The van der Waals surface area contributed by atoms with Gasteiger partial charge in [0.25, 0.3) is 0 Å². The average molecular weight is 337 g/mol. The Hall–Kier alpha value is -0.160. The Morgan fingerprint density at radius 2 is 0.625 bits per heavy atom. The second kappa shape index (κ2) is 10.7. The Morgan fingerprint density at radius 1 is 0.333 bits per heavy atom. The van der Waals surface area contributed by atoms with E-state index in [0.29, 0.717) is 0 Å². The lowest BCUT2D eigenvalue weighted by atomic mass is 10.1. The molecule has 0 radical (unpaired) electrons. The van der Waals surface area contributed by atoms with Crippen molar-refractivity contribution in [3.63, 3.8) is 0 Å². The van der Waals surface area contributed by atoms with Gasteiger partial charge in [0.1, 0.15) is 0 Å². The first kappa shape index (κ1) is 18.6. The first-order valence-electron chi connectivity index (χ1n) is 10.8. The fourth-order valence-electron chi connectivity index (χ4n) is 4.64. The van der Waals surface area contributed by atoms with Crippen molar-refractivity contribution >= 4 is 0 Å². The van der Waals surface area contributed by atoms with Gasteiger partial charge in [0.15, 0.2) is 0 Å². The molecule has 0 aromatic carbocycles. The highest BCUT2D eigenvalue weighted by molar-refractivity contribution is 4.74. The summed E-state index contributed by atoms with van der Waals surface area (Å²) in [7, 11) is 0. The molecule has 24 heavy (non-hydrogen) atoms. The molecule has 3 saturated heterocycles. The average Bonchev–Trinajstić information content (AvgIpc) is 2.65. The van der Waals surface area contributed by atoms with Gasteiger partial charge in [-0.2, -0.15) is 0 Å². The quantitative estimate of drug-likeness (QED) is 0.674. The van der Waals surface area contributed by atoms with E-state index in [0.717, 1.165) is 0 Å². The maximum Gasteiger partial charge on any atom is 0.0110 e. The van der Waals surface area contributed by atoms with Gasteiger partial charge in [0.05, 0.1) is 0 Å². The minimum Gasteiger partial charge on any atom is -0.303 e. The molecule has 4 nitrogen and oxygen atoms in total. The Morgan fingerprint density at radius 3 is 0.958 bits per heavy atom. The molecule has 3 heterocycles. The molecule has 0 saturated carbocycles. The van der Waals surface area contributed by atoms with E-state index in [-0.39, 0.29) is 0 Å². The number of nitrogens with zero attached hydrogens (tertiary/aromatic N) is 4. The van der Waals surface area contributed by atoms with Gasteiger partial charge in [-0.1, -0.05) is 12.8 Å². The molecule has 0 N–H and O–H groups in total. The fourth-order valence-corrected chi connectivity index (χ4v) is 4.64. The first-order chi connectivity index (χ1) is 11.9. The molecule has 3 fully saturated rings. The number of likely N-dealkylation sites (tertiary alicyclic amines) is 2. The van der Waals surface area contributed by atoms with Gasteiger partial charge in [-0.3, -0.25) is 0 Å². The van der Waals surface area contributed by atoms with Crippen LogP contribution in [0.1, 0.15) is 51.4 Å². The predicted molar refractivity (Wildman–Crippen MR) is 103 cm³/mol. The third-order valence-electron chi connectivity index (χ3n) is 6.26. The number of hydrogen-bond donors (Lipinski definition) is 0. The van der Waals surface area contributed by atoms with Crippen molar-refractivity contribution in [3.05, 3.63) is 0 Å². The van der Waals surface area contributed by atoms with Crippen LogP contribution >= 0.6 is 0 Å². The van der Waals surface area contributed by atoms with Crippen LogP contribution in [0.25, 0.3) is 0 Å². The molecule has 4 heteroatoms. The van der Waals surface area contributed by atoms with Crippen molar-refractivity contribution in [2.45, 2.75) is 51.4 Å². The highest BCUT2D eigenvalue weighted by Gasteiger charge is 2.17. The molecule has 0 amide bonds. The standard InChI is InChI=1S/C20H40N4/c1-3-9-21(10-4-1)13-7-15-23-17-19-24(20-18-23)16-8-14-22-11-5-2-6-12-22/h1-20H2. The second-order valence-corrected chi connectivity index (χ2v) is 8.19. The van der Waals surface area contributed by atoms with Crippen LogP contribution in [-0.2, 0) is 0 Å².